The molecule has 0 aliphatic carbocycles. The van der Waals surface area contributed by atoms with Crippen molar-refractivity contribution in [2.45, 2.75) is 52.9 Å². The fourth-order valence-corrected chi connectivity index (χ4v) is 1.19. The van der Waals surface area contributed by atoms with Crippen LogP contribution in [0.1, 0.15) is 52.9 Å². The molecule has 0 amide bonds. The van der Waals surface area contributed by atoms with E-state index in [2.05, 4.69) is 19.9 Å². The molecule has 0 radical (unpaired) electrons. The second-order valence-electron chi connectivity index (χ2n) is 3.02. The molecule has 0 saturated carbocycles. The van der Waals surface area contributed by atoms with Crippen LogP contribution in [0.5, 0.6) is 0 Å². The highest BCUT2D eigenvalue weighted by Crippen LogP contribution is 2.11. The van der Waals surface area contributed by atoms with E-state index in [9.17, 15) is 4.79 Å². The molecule has 70 valence electrons. The highest BCUT2D eigenvalue weighted by molar-refractivity contribution is 5.78. The Hall–Kier alpha value is -0.590. The Labute approximate surface area is 75.9 Å². The zero-order valence-corrected chi connectivity index (χ0v) is 8.52. The Morgan fingerprint density at radius 2 is 1.75 bits per heavy atom. The minimum Gasteiger partial charge on any atom is -0.300 e. The second-order valence-corrected chi connectivity index (χ2v) is 3.02. The topological polar surface area (TPSA) is 17.1 Å². The van der Waals surface area contributed by atoms with Gasteiger partial charge >= 0.3 is 0 Å². The highest BCUT2D eigenvalue weighted by atomic mass is 16.1. The zero-order valence-electron chi connectivity index (χ0n) is 8.52. The number of hydrogen-bond acceptors (Lipinski definition) is 1. The van der Waals surface area contributed by atoms with Crippen LogP contribution in [0, 0.1) is 0 Å². The van der Waals surface area contributed by atoms with Gasteiger partial charge in [-0.05, 0) is 19.3 Å². The summed E-state index contributed by atoms with van der Waals surface area (Å²) in [6.45, 7) is 6.21. The lowest BCUT2D eigenvalue weighted by Gasteiger charge is -2.02. The van der Waals surface area contributed by atoms with E-state index in [1.165, 1.54) is 5.57 Å². The summed E-state index contributed by atoms with van der Waals surface area (Å²) < 4.78 is 0. The Kier molecular flexibility index (Phi) is 6.73. The van der Waals surface area contributed by atoms with Gasteiger partial charge in [-0.2, -0.15) is 0 Å². The molecule has 0 aliphatic rings. The predicted octanol–water partition coefficient (Wildman–Crippen LogP) is 3.49. The number of hydrogen-bond donors (Lipinski definition) is 0. The molecule has 0 bridgehead atoms. The fourth-order valence-electron chi connectivity index (χ4n) is 1.19. The summed E-state index contributed by atoms with van der Waals surface area (Å²) in [5.74, 6) is 0.380. The molecular weight excluding hydrogens is 148 g/mol. The summed E-state index contributed by atoms with van der Waals surface area (Å²) in [5.41, 5.74) is 1.43. The van der Waals surface area contributed by atoms with Gasteiger partial charge in [0.2, 0.25) is 0 Å². The molecule has 0 N–H and O–H groups in total. The average Bonchev–Trinajstić information content (AvgIpc) is 2.11. The molecule has 0 aromatic rings. The third kappa shape index (κ3) is 5.11. The molecule has 0 unspecified atom stereocenters. The van der Waals surface area contributed by atoms with Crippen molar-refractivity contribution in [2.24, 2.45) is 0 Å². The molecule has 0 fully saturated rings. The lowest BCUT2D eigenvalue weighted by atomic mass is 10.0. The minimum atomic E-state index is 0.380. The van der Waals surface area contributed by atoms with Gasteiger partial charge in [0.15, 0.2) is 0 Å². The number of allylic oxidation sites excluding steroid dienone is 2. The van der Waals surface area contributed by atoms with Crippen molar-refractivity contribution in [1.82, 2.24) is 0 Å². The Bertz CT molecular complexity index is 156. The molecule has 12 heavy (non-hydrogen) atoms. The maximum Gasteiger partial charge on any atom is 0.132 e. The molecule has 0 aromatic carbocycles. The fraction of sp³-hybridized carbons (Fsp3) is 0.727. The van der Waals surface area contributed by atoms with Crippen LogP contribution in [0.2, 0.25) is 0 Å². The number of carbonyl (C=O) groups is 1. The first kappa shape index (κ1) is 11.4. The second kappa shape index (κ2) is 7.08. The first-order valence-corrected chi connectivity index (χ1v) is 4.94. The van der Waals surface area contributed by atoms with Crippen LogP contribution >= 0.6 is 0 Å². The summed E-state index contributed by atoms with van der Waals surface area (Å²) in [7, 11) is 0. The Balaban J connectivity index is 3.73. The van der Waals surface area contributed by atoms with Gasteiger partial charge in [-0.1, -0.05) is 32.4 Å². The number of rotatable bonds is 6. The summed E-state index contributed by atoms with van der Waals surface area (Å²) in [6.07, 6.45) is 6.80. The van der Waals surface area contributed by atoms with E-state index in [-0.39, 0.29) is 0 Å². The van der Waals surface area contributed by atoms with Crippen molar-refractivity contribution in [2.75, 3.05) is 0 Å². The molecule has 0 heterocycles. The first-order valence-electron chi connectivity index (χ1n) is 4.94. The monoisotopic (exact) mass is 168 g/mol. The minimum absolute atomic E-state index is 0.380. The van der Waals surface area contributed by atoms with Crippen molar-refractivity contribution in [1.29, 1.82) is 0 Å². The third-order valence-electron chi connectivity index (χ3n) is 2.07. The Morgan fingerprint density at radius 3 is 2.17 bits per heavy atom. The predicted molar refractivity (Wildman–Crippen MR) is 53.2 cm³/mol. The normalized spacial score (nSPS) is 11.8. The van der Waals surface area contributed by atoms with Crippen LogP contribution in [0.4, 0.5) is 0 Å². The quantitative estimate of drug-likeness (QED) is 0.555. The maximum atomic E-state index is 11.0. The van der Waals surface area contributed by atoms with Crippen molar-refractivity contribution in [3.63, 3.8) is 0 Å². The lowest BCUT2D eigenvalue weighted by Crippen LogP contribution is -1.95. The summed E-state index contributed by atoms with van der Waals surface area (Å²) in [6, 6.07) is 0. The van der Waals surface area contributed by atoms with Crippen LogP contribution in [0.15, 0.2) is 11.6 Å². The summed E-state index contributed by atoms with van der Waals surface area (Å²) >= 11 is 0. The first-order chi connectivity index (χ1) is 5.74. The van der Waals surface area contributed by atoms with Gasteiger partial charge in [-0.25, -0.2) is 0 Å². The van der Waals surface area contributed by atoms with Crippen LogP contribution in [-0.2, 0) is 4.79 Å². The number of ketones is 1. The maximum absolute atomic E-state index is 11.0. The van der Waals surface area contributed by atoms with Gasteiger partial charge in [-0.15, -0.1) is 0 Å². The smallest absolute Gasteiger partial charge is 0.132 e. The van der Waals surface area contributed by atoms with E-state index >= 15 is 0 Å². The van der Waals surface area contributed by atoms with Crippen LogP contribution in [-0.4, -0.2) is 5.78 Å². The van der Waals surface area contributed by atoms with Crippen molar-refractivity contribution in [3.05, 3.63) is 11.6 Å². The van der Waals surface area contributed by atoms with E-state index in [0.29, 0.717) is 12.2 Å². The van der Waals surface area contributed by atoms with Gasteiger partial charge in [-0.3, -0.25) is 4.79 Å². The molecule has 0 aromatic heterocycles. The average molecular weight is 168 g/mol. The third-order valence-corrected chi connectivity index (χ3v) is 2.07. The highest BCUT2D eigenvalue weighted by Gasteiger charge is 1.99. The van der Waals surface area contributed by atoms with Gasteiger partial charge in [0.05, 0.1) is 0 Å². The van der Waals surface area contributed by atoms with E-state index < -0.39 is 0 Å². The Morgan fingerprint density at radius 1 is 1.08 bits per heavy atom. The zero-order chi connectivity index (χ0) is 9.40. The standard InChI is InChI=1S/C11H20O/c1-4-7-10(5-2)8-9-11(12)6-3/h7H,4-6,8-9H2,1-3H3/b10-7+. The van der Waals surface area contributed by atoms with Crippen LogP contribution < -0.4 is 0 Å². The molecule has 0 saturated heterocycles. The van der Waals surface area contributed by atoms with E-state index in [1.807, 2.05) is 6.92 Å². The number of carbonyl (C=O) groups excluding carboxylic acids is 1. The van der Waals surface area contributed by atoms with E-state index in [4.69, 9.17) is 0 Å². The van der Waals surface area contributed by atoms with Crippen molar-refractivity contribution >= 4 is 5.78 Å². The molecular formula is C11H20O. The van der Waals surface area contributed by atoms with Gasteiger partial charge in [0.1, 0.15) is 5.78 Å². The van der Waals surface area contributed by atoms with Gasteiger partial charge < -0.3 is 0 Å². The van der Waals surface area contributed by atoms with E-state index in [0.717, 1.165) is 25.7 Å². The molecule has 0 aliphatic heterocycles. The van der Waals surface area contributed by atoms with E-state index in [1.54, 1.807) is 0 Å². The number of Topliss-reactive ketones (excluding diaryl/α,β-unsaturated/α-hetero) is 1. The van der Waals surface area contributed by atoms with Crippen molar-refractivity contribution < 1.29 is 4.79 Å². The van der Waals surface area contributed by atoms with Crippen molar-refractivity contribution in [3.8, 4) is 0 Å². The summed E-state index contributed by atoms with van der Waals surface area (Å²) in [4.78, 5) is 11.0. The molecule has 0 rings (SSSR count). The lowest BCUT2D eigenvalue weighted by molar-refractivity contribution is -0.118. The van der Waals surface area contributed by atoms with Gasteiger partial charge in [0.25, 0.3) is 0 Å². The SMILES string of the molecule is CC/C=C(\CC)CCC(=O)CC. The summed E-state index contributed by atoms with van der Waals surface area (Å²) in [5, 5.41) is 0. The molecule has 0 atom stereocenters. The van der Waals surface area contributed by atoms with Crippen LogP contribution in [0.25, 0.3) is 0 Å². The molecule has 0 spiro atoms. The van der Waals surface area contributed by atoms with Crippen LogP contribution in [0.3, 0.4) is 0 Å². The molecule has 1 nitrogen and oxygen atoms in total. The largest absolute Gasteiger partial charge is 0.300 e. The molecule has 1 heteroatoms. The van der Waals surface area contributed by atoms with Gasteiger partial charge in [0, 0.05) is 12.8 Å².